The van der Waals surface area contributed by atoms with Crippen molar-refractivity contribution in [2.75, 3.05) is 0 Å². The lowest BCUT2D eigenvalue weighted by molar-refractivity contribution is 0.616. The molecule has 2 aromatic carbocycles. The molecule has 0 bridgehead atoms. The predicted molar refractivity (Wildman–Crippen MR) is 85.0 cm³/mol. The number of nitrogens with zero attached hydrogens (tertiary/aromatic N) is 2. The number of halogens is 3. The summed E-state index contributed by atoms with van der Waals surface area (Å²) in [5.74, 6) is 0.239. The summed E-state index contributed by atoms with van der Waals surface area (Å²) in [4.78, 5) is 4.54. The molecule has 108 valence electrons. The smallest absolute Gasteiger partial charge is 0.147 e. The zero-order chi connectivity index (χ0) is 15.1. The zero-order valence-corrected chi connectivity index (χ0v) is 13.1. The molecule has 1 heterocycles. The number of hydrogen-bond acceptors (Lipinski definition) is 1. The second-order valence-corrected chi connectivity index (χ2v) is 6.05. The summed E-state index contributed by atoms with van der Waals surface area (Å²) in [6.07, 6.45) is 0. The van der Waals surface area contributed by atoms with Gasteiger partial charge in [0, 0.05) is 5.02 Å². The van der Waals surface area contributed by atoms with Gasteiger partial charge < -0.3 is 0 Å². The van der Waals surface area contributed by atoms with Crippen molar-refractivity contribution < 1.29 is 4.39 Å². The van der Waals surface area contributed by atoms with Crippen molar-refractivity contribution in [2.24, 2.45) is 0 Å². The topological polar surface area (TPSA) is 17.8 Å². The lowest BCUT2D eigenvalue weighted by Gasteiger charge is -2.13. The molecule has 0 aliphatic rings. The van der Waals surface area contributed by atoms with E-state index in [-0.39, 0.29) is 11.2 Å². The van der Waals surface area contributed by atoms with Crippen LogP contribution >= 0.6 is 23.2 Å². The first-order valence-corrected chi connectivity index (χ1v) is 7.38. The highest BCUT2D eigenvalue weighted by molar-refractivity contribution is 6.30. The minimum absolute atomic E-state index is 0.352. The molecule has 0 radical (unpaired) electrons. The third-order valence-electron chi connectivity index (χ3n) is 3.41. The van der Waals surface area contributed by atoms with Gasteiger partial charge in [-0.05, 0) is 43.7 Å². The lowest BCUT2D eigenvalue weighted by Crippen LogP contribution is -2.05. The van der Waals surface area contributed by atoms with Crippen LogP contribution < -0.4 is 0 Å². The van der Waals surface area contributed by atoms with Crippen LogP contribution in [0.3, 0.4) is 0 Å². The number of para-hydroxylation sites is 1. The molecule has 5 heteroatoms. The van der Waals surface area contributed by atoms with Crippen molar-refractivity contribution in [3.63, 3.8) is 0 Å². The van der Waals surface area contributed by atoms with Crippen LogP contribution in [0.5, 0.6) is 0 Å². The summed E-state index contributed by atoms with van der Waals surface area (Å²) < 4.78 is 16.0. The van der Waals surface area contributed by atoms with Crippen LogP contribution in [0.4, 0.5) is 4.39 Å². The molecular weight excluding hydrogens is 310 g/mol. The van der Waals surface area contributed by atoms with Crippen LogP contribution in [-0.2, 0) is 0 Å². The van der Waals surface area contributed by atoms with Gasteiger partial charge >= 0.3 is 0 Å². The summed E-state index contributed by atoms with van der Waals surface area (Å²) in [7, 11) is 0. The Bertz CT molecular complexity index is 825. The molecule has 1 aromatic heterocycles. The van der Waals surface area contributed by atoms with Crippen molar-refractivity contribution in [1.29, 1.82) is 0 Å². The molecule has 0 amide bonds. The molecule has 1 atom stereocenters. The molecule has 0 fully saturated rings. The third kappa shape index (κ3) is 2.41. The Morgan fingerprint density at radius 2 is 2.00 bits per heavy atom. The highest BCUT2D eigenvalue weighted by Crippen LogP contribution is 2.31. The molecule has 0 aliphatic heterocycles. The molecule has 2 nitrogen and oxygen atoms in total. The maximum Gasteiger partial charge on any atom is 0.147 e. The summed E-state index contributed by atoms with van der Waals surface area (Å²) in [6, 6.07) is 10.2. The van der Waals surface area contributed by atoms with Gasteiger partial charge in [-0.25, -0.2) is 9.37 Å². The standard InChI is InChI=1S/C16H13Cl2FN2/c1-9-4-3-5-13-15(9)21(16(20-13)10(2)17)14-8-11(18)6-7-12(14)19/h3-8,10H,1-2H3. The van der Waals surface area contributed by atoms with Crippen molar-refractivity contribution in [3.8, 4) is 5.69 Å². The fourth-order valence-corrected chi connectivity index (χ4v) is 2.79. The third-order valence-corrected chi connectivity index (χ3v) is 3.84. The Morgan fingerprint density at radius 3 is 2.71 bits per heavy atom. The average molecular weight is 323 g/mol. The number of aryl methyl sites for hydroxylation is 1. The number of aromatic nitrogens is 2. The molecule has 0 spiro atoms. The van der Waals surface area contributed by atoms with Gasteiger partial charge in [-0.15, -0.1) is 11.6 Å². The lowest BCUT2D eigenvalue weighted by atomic mass is 10.2. The minimum atomic E-state index is -0.361. The van der Waals surface area contributed by atoms with Crippen LogP contribution in [0, 0.1) is 12.7 Å². The number of benzene rings is 2. The van der Waals surface area contributed by atoms with E-state index in [0.717, 1.165) is 16.6 Å². The Kier molecular flexibility index (Phi) is 3.64. The average Bonchev–Trinajstić information content (AvgIpc) is 2.82. The number of alkyl halides is 1. The summed E-state index contributed by atoms with van der Waals surface area (Å²) in [5.41, 5.74) is 3.00. The van der Waals surface area contributed by atoms with Crippen LogP contribution in [0.1, 0.15) is 23.7 Å². The monoisotopic (exact) mass is 322 g/mol. The maximum atomic E-state index is 14.3. The summed E-state index contributed by atoms with van der Waals surface area (Å²) in [6.45, 7) is 3.78. The van der Waals surface area contributed by atoms with Crippen molar-refractivity contribution >= 4 is 34.2 Å². The fourth-order valence-electron chi connectivity index (χ4n) is 2.48. The van der Waals surface area contributed by atoms with E-state index in [4.69, 9.17) is 23.2 Å². The maximum absolute atomic E-state index is 14.3. The summed E-state index contributed by atoms with van der Waals surface area (Å²) >= 11 is 12.3. The Morgan fingerprint density at radius 1 is 1.24 bits per heavy atom. The number of fused-ring (bicyclic) bond motifs is 1. The van der Waals surface area contributed by atoms with E-state index in [2.05, 4.69) is 4.98 Å². The zero-order valence-electron chi connectivity index (χ0n) is 11.6. The Balaban J connectivity index is 2.44. The van der Waals surface area contributed by atoms with E-state index in [1.54, 1.807) is 10.6 Å². The predicted octanol–water partition coefficient (Wildman–Crippen LogP) is 5.43. The second kappa shape index (κ2) is 5.32. The van der Waals surface area contributed by atoms with Gasteiger partial charge in [-0.1, -0.05) is 23.7 Å². The first kappa shape index (κ1) is 14.4. The fraction of sp³-hybridized carbons (Fsp3) is 0.188. The van der Waals surface area contributed by atoms with E-state index in [9.17, 15) is 4.39 Å². The largest absolute Gasteiger partial charge is 0.292 e. The molecule has 21 heavy (non-hydrogen) atoms. The van der Waals surface area contributed by atoms with Crippen molar-refractivity contribution in [2.45, 2.75) is 19.2 Å². The number of rotatable bonds is 2. The van der Waals surface area contributed by atoms with E-state index in [0.29, 0.717) is 16.5 Å². The van der Waals surface area contributed by atoms with Gasteiger partial charge in [0.2, 0.25) is 0 Å². The van der Waals surface area contributed by atoms with E-state index >= 15 is 0 Å². The molecule has 3 aromatic rings. The number of hydrogen-bond donors (Lipinski definition) is 0. The quantitative estimate of drug-likeness (QED) is 0.575. The summed E-state index contributed by atoms with van der Waals surface area (Å²) in [5, 5.41) is 0.116. The Labute approximate surface area is 132 Å². The van der Waals surface area contributed by atoms with E-state index in [1.165, 1.54) is 12.1 Å². The molecule has 3 rings (SSSR count). The van der Waals surface area contributed by atoms with Crippen molar-refractivity contribution in [3.05, 3.63) is 58.6 Å². The van der Waals surface area contributed by atoms with Crippen molar-refractivity contribution in [1.82, 2.24) is 9.55 Å². The SMILES string of the molecule is Cc1cccc2nc(C(C)Cl)n(-c3cc(Cl)ccc3F)c12. The van der Waals surface area contributed by atoms with Crippen LogP contribution in [0.2, 0.25) is 5.02 Å². The number of imidazole rings is 1. The van der Waals surface area contributed by atoms with Crippen LogP contribution in [0.25, 0.3) is 16.7 Å². The normalized spacial score (nSPS) is 12.8. The first-order chi connectivity index (χ1) is 9.99. The highest BCUT2D eigenvalue weighted by Gasteiger charge is 2.19. The molecule has 0 saturated carbocycles. The van der Waals surface area contributed by atoms with Gasteiger partial charge in [0.1, 0.15) is 11.6 Å². The molecule has 1 unspecified atom stereocenters. The molecule has 0 N–H and O–H groups in total. The van der Waals surface area contributed by atoms with Gasteiger partial charge in [-0.3, -0.25) is 4.57 Å². The molecule has 0 saturated heterocycles. The van der Waals surface area contributed by atoms with Crippen LogP contribution in [0.15, 0.2) is 36.4 Å². The Hall–Kier alpha value is -1.58. The van der Waals surface area contributed by atoms with Gasteiger partial charge in [-0.2, -0.15) is 0 Å². The van der Waals surface area contributed by atoms with Gasteiger partial charge in [0.05, 0.1) is 22.1 Å². The minimum Gasteiger partial charge on any atom is -0.292 e. The van der Waals surface area contributed by atoms with Gasteiger partial charge in [0.15, 0.2) is 0 Å². The second-order valence-electron chi connectivity index (χ2n) is 4.96. The molecule has 0 aliphatic carbocycles. The van der Waals surface area contributed by atoms with E-state index in [1.807, 2.05) is 32.0 Å². The molecular formula is C16H13Cl2FN2. The van der Waals surface area contributed by atoms with E-state index < -0.39 is 0 Å². The van der Waals surface area contributed by atoms with Gasteiger partial charge in [0.25, 0.3) is 0 Å². The van der Waals surface area contributed by atoms with Crippen LogP contribution in [-0.4, -0.2) is 9.55 Å². The first-order valence-electron chi connectivity index (χ1n) is 6.56. The highest BCUT2D eigenvalue weighted by atomic mass is 35.5.